The molecule has 0 atom stereocenters. The molecule has 0 amide bonds. The molecular weight excluding hydrogens is 256 g/mol. The van der Waals surface area contributed by atoms with Crippen molar-refractivity contribution in [2.24, 2.45) is 0 Å². The second-order valence-electron chi connectivity index (χ2n) is 5.33. The van der Waals surface area contributed by atoms with E-state index in [2.05, 4.69) is 67.2 Å². The van der Waals surface area contributed by atoms with Crippen LogP contribution in [0.4, 0.5) is 0 Å². The second kappa shape index (κ2) is 7.01. The van der Waals surface area contributed by atoms with Gasteiger partial charge in [0.05, 0.1) is 12.4 Å². The number of nitrogens with zero attached hydrogens (tertiary/aromatic N) is 2. The Bertz CT molecular complexity index is 593. The Morgan fingerprint density at radius 1 is 1.33 bits per heavy atom. The van der Waals surface area contributed by atoms with Crippen molar-refractivity contribution < 1.29 is 0 Å². The smallest absolute Gasteiger partial charge is 0.0910 e. The van der Waals surface area contributed by atoms with E-state index in [1.54, 1.807) is 0 Å². The van der Waals surface area contributed by atoms with E-state index in [4.69, 9.17) is 0 Å². The third-order valence-corrected chi connectivity index (χ3v) is 3.82. The molecule has 1 fully saturated rings. The van der Waals surface area contributed by atoms with Crippen LogP contribution in [0.25, 0.3) is 0 Å². The van der Waals surface area contributed by atoms with Crippen molar-refractivity contribution in [2.45, 2.75) is 20.8 Å². The SMILES string of the molecule is C=C/C(C)=C(\C=C/C)N1CCN(C2=C=CC=CC=C2C)C1. The average Bonchev–Trinajstić information content (AvgIpc) is 2.86. The largest absolute Gasteiger partial charge is 0.352 e. The summed E-state index contributed by atoms with van der Waals surface area (Å²) in [5, 5.41) is 0. The Labute approximate surface area is 128 Å². The van der Waals surface area contributed by atoms with Crippen LogP contribution in [0.5, 0.6) is 0 Å². The minimum absolute atomic E-state index is 0.895. The summed E-state index contributed by atoms with van der Waals surface area (Å²) in [4.78, 5) is 4.78. The van der Waals surface area contributed by atoms with E-state index in [1.165, 1.54) is 22.5 Å². The van der Waals surface area contributed by atoms with E-state index >= 15 is 0 Å². The van der Waals surface area contributed by atoms with E-state index in [9.17, 15) is 0 Å². The fourth-order valence-corrected chi connectivity index (χ4v) is 2.63. The summed E-state index contributed by atoms with van der Waals surface area (Å²) in [5.41, 5.74) is 8.32. The highest BCUT2D eigenvalue weighted by Gasteiger charge is 2.23. The molecule has 1 heterocycles. The minimum Gasteiger partial charge on any atom is -0.352 e. The summed E-state index contributed by atoms with van der Waals surface area (Å²) in [6, 6.07) is 0. The van der Waals surface area contributed by atoms with E-state index in [0.29, 0.717) is 0 Å². The average molecular weight is 280 g/mol. The molecule has 21 heavy (non-hydrogen) atoms. The van der Waals surface area contributed by atoms with Gasteiger partial charge in [0.25, 0.3) is 0 Å². The first-order valence-electron chi connectivity index (χ1n) is 7.44. The summed E-state index contributed by atoms with van der Waals surface area (Å²) in [6.07, 6.45) is 14.4. The highest BCUT2D eigenvalue weighted by atomic mass is 15.4. The topological polar surface area (TPSA) is 6.48 Å². The van der Waals surface area contributed by atoms with Crippen LogP contribution in [0, 0.1) is 0 Å². The summed E-state index contributed by atoms with van der Waals surface area (Å²) >= 11 is 0. The molecule has 2 heteroatoms. The van der Waals surface area contributed by atoms with Gasteiger partial charge in [-0.3, -0.25) is 0 Å². The maximum atomic E-state index is 3.90. The van der Waals surface area contributed by atoms with Gasteiger partial charge < -0.3 is 9.80 Å². The van der Waals surface area contributed by atoms with Gasteiger partial charge in [-0.05, 0) is 44.1 Å². The van der Waals surface area contributed by atoms with Gasteiger partial charge in [0.1, 0.15) is 0 Å². The fourth-order valence-electron chi connectivity index (χ4n) is 2.63. The van der Waals surface area contributed by atoms with Crippen molar-refractivity contribution in [1.29, 1.82) is 0 Å². The van der Waals surface area contributed by atoms with Gasteiger partial charge in [-0.25, -0.2) is 0 Å². The molecule has 1 aliphatic heterocycles. The Morgan fingerprint density at radius 2 is 2.14 bits per heavy atom. The van der Waals surface area contributed by atoms with Crippen LogP contribution < -0.4 is 0 Å². The first-order chi connectivity index (χ1) is 10.2. The van der Waals surface area contributed by atoms with E-state index in [0.717, 1.165) is 19.8 Å². The van der Waals surface area contributed by atoms with Crippen LogP contribution in [0.2, 0.25) is 0 Å². The van der Waals surface area contributed by atoms with Gasteiger partial charge in [0.15, 0.2) is 0 Å². The summed E-state index contributed by atoms with van der Waals surface area (Å²) in [7, 11) is 0. The summed E-state index contributed by atoms with van der Waals surface area (Å²) in [6.45, 7) is 13.2. The molecule has 1 saturated heterocycles. The molecule has 0 bridgehead atoms. The molecule has 0 unspecified atom stereocenters. The monoisotopic (exact) mass is 280 g/mol. The molecule has 0 N–H and O–H groups in total. The van der Waals surface area contributed by atoms with Gasteiger partial charge in [-0.15, -0.1) is 0 Å². The predicted molar refractivity (Wildman–Crippen MR) is 90.5 cm³/mol. The van der Waals surface area contributed by atoms with Gasteiger partial charge in [0.2, 0.25) is 0 Å². The standard InChI is InChI=1S/C19H24N2/c1-5-10-18(16(3)6-2)20-13-14-21(15-20)19-12-9-7-8-11-17(19)4/h5-11H,2,13-15H2,1,3-4H3/b10-5-,18-16+. The van der Waals surface area contributed by atoms with Crippen molar-refractivity contribution in [3.8, 4) is 0 Å². The fraction of sp³-hybridized carbons (Fsp3) is 0.316. The first kappa shape index (κ1) is 15.2. The molecular formula is C19H24N2. The second-order valence-corrected chi connectivity index (χ2v) is 5.33. The number of hydrogen-bond acceptors (Lipinski definition) is 2. The van der Waals surface area contributed by atoms with Crippen molar-refractivity contribution in [3.63, 3.8) is 0 Å². The van der Waals surface area contributed by atoms with Crippen molar-refractivity contribution in [3.05, 3.63) is 77.4 Å². The lowest BCUT2D eigenvalue weighted by Crippen LogP contribution is -2.25. The van der Waals surface area contributed by atoms with Crippen LogP contribution in [0.1, 0.15) is 20.8 Å². The highest BCUT2D eigenvalue weighted by Crippen LogP contribution is 2.24. The number of hydrogen-bond donors (Lipinski definition) is 0. The molecule has 0 saturated carbocycles. The lowest BCUT2D eigenvalue weighted by Gasteiger charge is -2.24. The molecule has 1 aliphatic carbocycles. The molecule has 0 aromatic rings. The van der Waals surface area contributed by atoms with E-state index < -0.39 is 0 Å². The third kappa shape index (κ3) is 3.48. The summed E-state index contributed by atoms with van der Waals surface area (Å²) < 4.78 is 0. The molecule has 2 rings (SSSR count). The van der Waals surface area contributed by atoms with Gasteiger partial charge in [0, 0.05) is 18.8 Å². The normalized spacial score (nSPS) is 19.6. The predicted octanol–water partition coefficient (Wildman–Crippen LogP) is 4.15. The molecule has 0 radical (unpaired) electrons. The van der Waals surface area contributed by atoms with Gasteiger partial charge >= 0.3 is 0 Å². The molecule has 2 nitrogen and oxygen atoms in total. The molecule has 110 valence electrons. The molecule has 0 spiro atoms. The van der Waals surface area contributed by atoms with Crippen molar-refractivity contribution in [1.82, 2.24) is 9.80 Å². The zero-order chi connectivity index (χ0) is 15.2. The lowest BCUT2D eigenvalue weighted by atomic mass is 10.2. The van der Waals surface area contributed by atoms with Crippen molar-refractivity contribution in [2.75, 3.05) is 19.8 Å². The Balaban J connectivity index is 2.21. The van der Waals surface area contributed by atoms with Crippen LogP contribution >= 0.6 is 0 Å². The molecule has 0 aromatic heterocycles. The number of allylic oxidation sites excluding steroid dienone is 8. The quantitative estimate of drug-likeness (QED) is 0.564. The Kier molecular flexibility index (Phi) is 5.08. The Hall–Kier alpha value is -2.18. The summed E-state index contributed by atoms with van der Waals surface area (Å²) in [5.74, 6) is 0. The third-order valence-electron chi connectivity index (χ3n) is 3.82. The van der Waals surface area contributed by atoms with Crippen LogP contribution in [-0.4, -0.2) is 29.6 Å². The first-order valence-corrected chi connectivity index (χ1v) is 7.44. The number of rotatable bonds is 4. The zero-order valence-electron chi connectivity index (χ0n) is 13.3. The van der Waals surface area contributed by atoms with E-state index in [1.807, 2.05) is 18.2 Å². The van der Waals surface area contributed by atoms with Crippen LogP contribution in [0.15, 0.2) is 77.4 Å². The van der Waals surface area contributed by atoms with Crippen LogP contribution in [-0.2, 0) is 0 Å². The minimum atomic E-state index is 0.895. The van der Waals surface area contributed by atoms with Gasteiger partial charge in [-0.1, -0.05) is 42.7 Å². The molecule has 0 aromatic carbocycles. The zero-order valence-corrected chi connectivity index (χ0v) is 13.3. The highest BCUT2D eigenvalue weighted by molar-refractivity contribution is 5.36. The van der Waals surface area contributed by atoms with Crippen LogP contribution in [0.3, 0.4) is 0 Å². The maximum absolute atomic E-state index is 3.90. The van der Waals surface area contributed by atoms with E-state index in [-0.39, 0.29) is 0 Å². The van der Waals surface area contributed by atoms with Crippen molar-refractivity contribution >= 4 is 0 Å². The maximum Gasteiger partial charge on any atom is 0.0910 e. The molecule has 2 aliphatic rings. The van der Waals surface area contributed by atoms with Gasteiger partial charge in [-0.2, -0.15) is 0 Å². The lowest BCUT2D eigenvalue weighted by molar-refractivity contribution is 0.338. The Morgan fingerprint density at radius 3 is 2.86 bits per heavy atom.